The van der Waals surface area contributed by atoms with E-state index in [1.165, 1.54) is 5.69 Å². The van der Waals surface area contributed by atoms with Crippen LogP contribution in [0.15, 0.2) is 24.3 Å². The molecule has 3 nitrogen and oxygen atoms in total. The van der Waals surface area contributed by atoms with Gasteiger partial charge in [0.05, 0.1) is 0 Å². The van der Waals surface area contributed by atoms with Gasteiger partial charge in [0.25, 0.3) is 0 Å². The van der Waals surface area contributed by atoms with Crippen molar-refractivity contribution in [3.05, 3.63) is 29.8 Å². The molecule has 1 fully saturated rings. The molecule has 0 atom stereocenters. The maximum Gasteiger partial charge on any atom is 0.162 e. The van der Waals surface area contributed by atoms with Crippen LogP contribution in [0.4, 0.5) is 5.69 Å². The minimum absolute atomic E-state index is 0.217. The first kappa shape index (κ1) is 15.0. The van der Waals surface area contributed by atoms with E-state index in [4.69, 9.17) is 0 Å². The number of rotatable bonds is 3. The third-order valence-electron chi connectivity index (χ3n) is 4.10. The Balaban J connectivity index is 1.99. The van der Waals surface area contributed by atoms with E-state index in [0.29, 0.717) is 6.42 Å². The molecule has 0 aromatic heterocycles. The molecular formula is C17H26N2O. The van der Waals surface area contributed by atoms with Gasteiger partial charge in [-0.25, -0.2) is 0 Å². The summed E-state index contributed by atoms with van der Waals surface area (Å²) < 4.78 is 0. The van der Waals surface area contributed by atoms with Crippen LogP contribution in [0.3, 0.4) is 0 Å². The van der Waals surface area contributed by atoms with Gasteiger partial charge in [0.2, 0.25) is 0 Å². The lowest BCUT2D eigenvalue weighted by molar-refractivity contribution is 0.0988. The molecule has 0 N–H and O–H groups in total. The number of carbonyl (C=O) groups is 1. The van der Waals surface area contributed by atoms with Crippen LogP contribution in [-0.4, -0.2) is 42.4 Å². The summed E-state index contributed by atoms with van der Waals surface area (Å²) in [5.74, 6) is 0.217. The Morgan fingerprint density at radius 3 is 2.05 bits per heavy atom. The van der Waals surface area contributed by atoms with Gasteiger partial charge in [-0.3, -0.25) is 9.69 Å². The molecule has 0 unspecified atom stereocenters. The fourth-order valence-corrected chi connectivity index (χ4v) is 2.70. The second-order valence-electron chi connectivity index (χ2n) is 6.47. The maximum absolute atomic E-state index is 11.6. The van der Waals surface area contributed by atoms with Gasteiger partial charge in [0, 0.05) is 49.4 Å². The largest absolute Gasteiger partial charge is 0.369 e. The molecule has 2 rings (SSSR count). The van der Waals surface area contributed by atoms with Crippen LogP contribution in [0.5, 0.6) is 0 Å². The maximum atomic E-state index is 11.6. The third kappa shape index (κ3) is 3.40. The van der Waals surface area contributed by atoms with E-state index in [0.717, 1.165) is 31.7 Å². The highest BCUT2D eigenvalue weighted by molar-refractivity contribution is 5.96. The average Bonchev–Trinajstić information content (AvgIpc) is 2.46. The molecule has 1 aliphatic rings. The summed E-state index contributed by atoms with van der Waals surface area (Å²) in [5.41, 5.74) is 2.31. The molecule has 0 aliphatic carbocycles. The quantitative estimate of drug-likeness (QED) is 0.791. The molecule has 1 saturated heterocycles. The van der Waals surface area contributed by atoms with Crippen LogP contribution in [0, 0.1) is 0 Å². The summed E-state index contributed by atoms with van der Waals surface area (Å²) in [6.45, 7) is 13.0. The number of carbonyl (C=O) groups excluding carboxylic acids is 1. The van der Waals surface area contributed by atoms with Crippen molar-refractivity contribution in [1.82, 2.24) is 4.90 Å². The van der Waals surface area contributed by atoms with Gasteiger partial charge >= 0.3 is 0 Å². The van der Waals surface area contributed by atoms with Gasteiger partial charge in [0.15, 0.2) is 5.78 Å². The highest BCUT2D eigenvalue weighted by Crippen LogP contribution is 2.21. The van der Waals surface area contributed by atoms with Crippen LogP contribution in [0.25, 0.3) is 0 Å². The first-order valence-corrected chi connectivity index (χ1v) is 7.55. The molecule has 3 heteroatoms. The van der Waals surface area contributed by atoms with Gasteiger partial charge in [-0.05, 0) is 45.0 Å². The second kappa shape index (κ2) is 5.96. The summed E-state index contributed by atoms with van der Waals surface area (Å²) in [6, 6.07) is 8.07. The Bertz CT molecular complexity index is 451. The van der Waals surface area contributed by atoms with Crippen LogP contribution >= 0.6 is 0 Å². The average molecular weight is 274 g/mol. The van der Waals surface area contributed by atoms with Gasteiger partial charge in [-0.2, -0.15) is 0 Å². The Morgan fingerprint density at radius 2 is 1.60 bits per heavy atom. The first-order valence-electron chi connectivity index (χ1n) is 7.55. The Hall–Kier alpha value is -1.35. The van der Waals surface area contributed by atoms with Crippen molar-refractivity contribution < 1.29 is 4.79 Å². The van der Waals surface area contributed by atoms with Crippen molar-refractivity contribution in [3.63, 3.8) is 0 Å². The van der Waals surface area contributed by atoms with Crippen molar-refractivity contribution in [3.8, 4) is 0 Å². The van der Waals surface area contributed by atoms with Crippen molar-refractivity contribution in [2.75, 3.05) is 31.1 Å². The van der Waals surface area contributed by atoms with Crippen LogP contribution in [0.2, 0.25) is 0 Å². The van der Waals surface area contributed by atoms with Crippen molar-refractivity contribution in [2.24, 2.45) is 0 Å². The van der Waals surface area contributed by atoms with Gasteiger partial charge in [-0.1, -0.05) is 6.92 Å². The molecule has 110 valence electrons. The zero-order valence-electron chi connectivity index (χ0n) is 13.1. The molecule has 0 bridgehead atoms. The third-order valence-corrected chi connectivity index (χ3v) is 4.10. The summed E-state index contributed by atoms with van der Waals surface area (Å²) >= 11 is 0. The summed E-state index contributed by atoms with van der Waals surface area (Å²) in [6.07, 6.45) is 0.573. The van der Waals surface area contributed by atoms with Gasteiger partial charge in [0.1, 0.15) is 0 Å². The standard InChI is InChI=1S/C17H26N2O/c1-5-16(20)14-6-8-15(9-7-14)18-10-12-19(13-11-18)17(2,3)4/h6-9H,5,10-13H2,1-4H3. The fourth-order valence-electron chi connectivity index (χ4n) is 2.70. The molecule has 1 aromatic rings. The molecule has 0 amide bonds. The lowest BCUT2D eigenvalue weighted by atomic mass is 10.0. The molecule has 1 heterocycles. The van der Waals surface area contributed by atoms with Crippen LogP contribution in [0.1, 0.15) is 44.5 Å². The number of hydrogen-bond donors (Lipinski definition) is 0. The number of ketones is 1. The number of benzene rings is 1. The number of Topliss-reactive ketones (excluding diaryl/α,β-unsaturated/α-hetero) is 1. The number of nitrogens with zero attached hydrogens (tertiary/aromatic N) is 2. The van der Waals surface area contributed by atoms with Crippen molar-refractivity contribution in [1.29, 1.82) is 0 Å². The highest BCUT2D eigenvalue weighted by atomic mass is 16.1. The minimum atomic E-state index is 0.217. The van der Waals surface area contributed by atoms with E-state index in [-0.39, 0.29) is 11.3 Å². The smallest absolute Gasteiger partial charge is 0.162 e. The van der Waals surface area contributed by atoms with Gasteiger partial charge < -0.3 is 4.90 Å². The normalized spacial score (nSPS) is 17.3. The SMILES string of the molecule is CCC(=O)c1ccc(N2CCN(C(C)(C)C)CC2)cc1. The van der Waals surface area contributed by atoms with Crippen LogP contribution < -0.4 is 4.90 Å². The molecule has 1 aromatic carbocycles. The van der Waals surface area contributed by atoms with E-state index in [1.54, 1.807) is 0 Å². The highest BCUT2D eigenvalue weighted by Gasteiger charge is 2.25. The Labute approximate surface area is 122 Å². The fraction of sp³-hybridized carbons (Fsp3) is 0.588. The van der Waals surface area contributed by atoms with E-state index in [2.05, 4.69) is 42.7 Å². The lowest BCUT2D eigenvalue weighted by Crippen LogP contribution is -2.53. The predicted molar refractivity (Wildman–Crippen MR) is 84.6 cm³/mol. The molecule has 0 radical (unpaired) electrons. The number of piperazine rings is 1. The lowest BCUT2D eigenvalue weighted by Gasteiger charge is -2.43. The zero-order chi connectivity index (χ0) is 14.8. The Kier molecular flexibility index (Phi) is 4.48. The topological polar surface area (TPSA) is 23.6 Å². The monoisotopic (exact) mass is 274 g/mol. The van der Waals surface area contributed by atoms with E-state index < -0.39 is 0 Å². The van der Waals surface area contributed by atoms with Gasteiger partial charge in [-0.15, -0.1) is 0 Å². The minimum Gasteiger partial charge on any atom is -0.369 e. The Morgan fingerprint density at radius 1 is 1.05 bits per heavy atom. The van der Waals surface area contributed by atoms with E-state index in [1.807, 2.05) is 19.1 Å². The molecule has 0 spiro atoms. The summed E-state index contributed by atoms with van der Waals surface area (Å²) in [7, 11) is 0. The summed E-state index contributed by atoms with van der Waals surface area (Å²) in [5, 5.41) is 0. The first-order chi connectivity index (χ1) is 9.41. The van der Waals surface area contributed by atoms with Crippen molar-refractivity contribution in [2.45, 2.75) is 39.7 Å². The molecular weight excluding hydrogens is 248 g/mol. The molecule has 20 heavy (non-hydrogen) atoms. The number of anilines is 1. The zero-order valence-corrected chi connectivity index (χ0v) is 13.1. The van der Waals surface area contributed by atoms with E-state index in [9.17, 15) is 4.79 Å². The van der Waals surface area contributed by atoms with Crippen LogP contribution in [-0.2, 0) is 0 Å². The number of hydrogen-bond acceptors (Lipinski definition) is 3. The van der Waals surface area contributed by atoms with E-state index >= 15 is 0 Å². The molecule has 0 saturated carbocycles. The van der Waals surface area contributed by atoms with Crippen molar-refractivity contribution >= 4 is 11.5 Å². The molecule has 1 aliphatic heterocycles. The predicted octanol–water partition coefficient (Wildman–Crippen LogP) is 3.20. The second-order valence-corrected chi connectivity index (χ2v) is 6.47. The summed E-state index contributed by atoms with van der Waals surface area (Å²) in [4.78, 5) is 16.6.